The summed E-state index contributed by atoms with van der Waals surface area (Å²) in [6.07, 6.45) is 13.6. The van der Waals surface area contributed by atoms with Gasteiger partial charge in [-0.15, -0.1) is 0 Å². The predicted molar refractivity (Wildman–Crippen MR) is 259 cm³/mol. The number of hydrogen-bond acceptors (Lipinski definition) is 8. The van der Waals surface area contributed by atoms with Gasteiger partial charge in [0.1, 0.15) is 14.1 Å². The number of halogens is 8. The van der Waals surface area contributed by atoms with E-state index < -0.39 is 24.9 Å². The molecular formula is C50H46B2F8N6O6. The summed E-state index contributed by atoms with van der Waals surface area (Å²) in [5, 5.41) is 22.7. The number of non-ortho nitro benzene ring substituents is 2. The molecule has 72 heavy (non-hydrogen) atoms. The number of fused-ring (bicyclic) bond motifs is 4. The molecule has 22 heteroatoms. The molecule has 0 radical (unpaired) electrons. The topological polar surface area (TPSA) is 127 Å². The van der Waals surface area contributed by atoms with Gasteiger partial charge in [0.05, 0.1) is 34.1 Å². The molecule has 0 N–H and O–H groups in total. The minimum Gasteiger partial charge on any atom is -1.00 e. The SMILES string of the molecule is CN1C(=CC=Cc2oc3cc([N+](=O)[O-])ccc3[n+]2C)C(C)(Cc2ccc(CC3(C)C(=CC=Cc4oc5cc([N+](=O)[O-])ccc5[n+]4C)N(C)c4ccccc43)cc2)c2ccccc21.FB(F)F.FB(F)F.[F-].[F-]. The van der Waals surface area contributed by atoms with E-state index >= 15 is 0 Å². The van der Waals surface area contributed by atoms with E-state index in [2.05, 4.69) is 123 Å². The molecule has 2 atom stereocenters. The number of allylic oxidation sites excluding steroid dienone is 6. The van der Waals surface area contributed by atoms with Crippen LogP contribution in [0.5, 0.6) is 0 Å². The van der Waals surface area contributed by atoms with Gasteiger partial charge < -0.3 is 28.0 Å². The van der Waals surface area contributed by atoms with Crippen LogP contribution in [0.4, 0.5) is 48.6 Å². The van der Waals surface area contributed by atoms with Crippen LogP contribution in [0, 0.1) is 20.2 Å². The van der Waals surface area contributed by atoms with Crippen LogP contribution in [0.2, 0.25) is 0 Å². The van der Waals surface area contributed by atoms with Crippen LogP contribution in [0.15, 0.2) is 154 Å². The lowest BCUT2D eigenvalue weighted by atomic mass is 9.75. The number of aryl methyl sites for hydroxylation is 2. The Morgan fingerprint density at radius 2 is 0.917 bits per heavy atom. The van der Waals surface area contributed by atoms with Crippen molar-refractivity contribution in [3.8, 4) is 0 Å². The Morgan fingerprint density at radius 3 is 1.25 bits per heavy atom. The van der Waals surface area contributed by atoms with E-state index in [0.29, 0.717) is 22.9 Å². The number of nitro benzene ring substituents is 2. The fourth-order valence-corrected chi connectivity index (χ4v) is 9.58. The third-order valence-corrected chi connectivity index (χ3v) is 12.8. The van der Waals surface area contributed by atoms with Crippen LogP contribution in [0.25, 0.3) is 34.4 Å². The first-order valence-electron chi connectivity index (χ1n) is 21.7. The molecule has 4 heterocycles. The molecule has 2 unspecified atom stereocenters. The van der Waals surface area contributed by atoms with Gasteiger partial charge in [0.25, 0.3) is 22.4 Å². The zero-order valence-electron chi connectivity index (χ0n) is 39.6. The quantitative estimate of drug-likeness (QED) is 0.0578. The van der Waals surface area contributed by atoms with Crippen molar-refractivity contribution >= 4 is 72.2 Å². The zero-order chi connectivity index (χ0) is 50.7. The molecule has 0 saturated carbocycles. The van der Waals surface area contributed by atoms with Crippen molar-refractivity contribution in [2.24, 2.45) is 14.1 Å². The van der Waals surface area contributed by atoms with Crippen LogP contribution in [0.1, 0.15) is 47.9 Å². The average molecular weight is 1000 g/mol. The van der Waals surface area contributed by atoms with Crippen molar-refractivity contribution < 1.29 is 63.1 Å². The summed E-state index contributed by atoms with van der Waals surface area (Å²) < 4.78 is 73.9. The largest absolute Gasteiger partial charge is 1.00 e. The summed E-state index contributed by atoms with van der Waals surface area (Å²) in [4.78, 5) is 26.4. The van der Waals surface area contributed by atoms with Gasteiger partial charge in [-0.3, -0.25) is 46.1 Å². The van der Waals surface area contributed by atoms with Crippen molar-refractivity contribution in [3.63, 3.8) is 0 Å². The number of nitro groups is 2. The second-order valence-corrected chi connectivity index (χ2v) is 17.1. The van der Waals surface area contributed by atoms with Gasteiger partial charge in [-0.1, -0.05) is 72.8 Å². The van der Waals surface area contributed by atoms with E-state index in [1.54, 1.807) is 12.1 Å². The maximum absolute atomic E-state index is 11.4. The molecule has 9 rings (SSSR count). The molecule has 0 bridgehead atoms. The molecule has 7 aromatic rings. The third-order valence-electron chi connectivity index (χ3n) is 12.8. The summed E-state index contributed by atoms with van der Waals surface area (Å²) in [5.74, 6) is 1.17. The number of aromatic nitrogens is 2. The number of nitrogens with zero attached hydrogens (tertiary/aromatic N) is 6. The molecule has 2 aromatic heterocycles. The first-order chi connectivity index (χ1) is 33.2. The molecule has 0 aliphatic carbocycles. The van der Waals surface area contributed by atoms with Gasteiger partial charge in [0.15, 0.2) is 0 Å². The summed E-state index contributed by atoms with van der Waals surface area (Å²) >= 11 is 0. The Balaban J connectivity index is 0.000000898. The molecule has 2 aliphatic rings. The Hall–Kier alpha value is -8.03. The zero-order valence-corrected chi connectivity index (χ0v) is 39.6. The highest BCUT2D eigenvalue weighted by molar-refractivity contribution is 6.33. The molecule has 374 valence electrons. The number of para-hydroxylation sites is 2. The van der Waals surface area contributed by atoms with Crippen molar-refractivity contribution in [2.45, 2.75) is 37.5 Å². The van der Waals surface area contributed by atoms with Crippen molar-refractivity contribution in [2.75, 3.05) is 23.9 Å². The van der Waals surface area contributed by atoms with E-state index in [1.807, 2.05) is 47.5 Å². The van der Waals surface area contributed by atoms with Gasteiger partial charge in [-0.05, 0) is 73.2 Å². The standard InChI is InChI=1S/C50H46N6O6.2BF3.2FH/c1-49(37-13-7-9-15-39(37)51(3)45(49)17-11-19-47-53(5)41-27-25-35(55(57)58)29-43(41)61-47)31-33-21-23-34(24-22-33)32-50(2)38-14-8-10-16-40(38)52(4)46(50)18-12-20-48-54(6)42-28-26-36(56(59)60)30-44(42)62-48;2*2-1(3)4;;/h7-30H,31-32H2,1-6H3;;;2*1H/q+2;;;;/p-2. The molecule has 0 fully saturated rings. The first-order valence-corrected chi connectivity index (χ1v) is 21.7. The summed E-state index contributed by atoms with van der Waals surface area (Å²) in [6, 6.07) is 35.4. The average Bonchev–Trinajstić information content (AvgIpc) is 3.94. The monoisotopic (exact) mass is 1000 g/mol. The van der Waals surface area contributed by atoms with E-state index in [1.165, 1.54) is 46.5 Å². The highest BCUT2D eigenvalue weighted by Gasteiger charge is 2.43. The van der Waals surface area contributed by atoms with Crippen LogP contribution in [-0.4, -0.2) is 39.0 Å². The number of oxazole rings is 2. The van der Waals surface area contributed by atoms with Crippen molar-refractivity contribution in [1.29, 1.82) is 0 Å². The lowest BCUT2D eigenvalue weighted by Gasteiger charge is -2.30. The van der Waals surface area contributed by atoms with E-state index in [4.69, 9.17) is 8.83 Å². The molecule has 0 spiro atoms. The molecule has 2 aliphatic heterocycles. The van der Waals surface area contributed by atoms with Gasteiger partial charge >= 0.3 is 26.9 Å². The highest BCUT2D eigenvalue weighted by atomic mass is 19.4. The molecular weight excluding hydrogens is 954 g/mol. The fourth-order valence-electron chi connectivity index (χ4n) is 9.58. The summed E-state index contributed by atoms with van der Waals surface area (Å²) in [5.41, 5.74) is 11.3. The maximum atomic E-state index is 11.4. The van der Waals surface area contributed by atoms with Gasteiger partial charge in [-0.25, -0.2) is 0 Å². The third kappa shape index (κ3) is 11.1. The second-order valence-electron chi connectivity index (χ2n) is 17.1. The van der Waals surface area contributed by atoms with Crippen molar-refractivity contribution in [3.05, 3.63) is 199 Å². The number of likely N-dealkylation sites (N-methyl/N-ethyl adjacent to an activating group) is 2. The highest BCUT2D eigenvalue weighted by Crippen LogP contribution is 2.50. The van der Waals surface area contributed by atoms with Gasteiger partial charge in [0, 0.05) is 72.0 Å². The Morgan fingerprint density at radius 1 is 0.583 bits per heavy atom. The molecule has 0 amide bonds. The van der Waals surface area contributed by atoms with Crippen LogP contribution in [-0.2, 0) is 37.8 Å². The number of anilines is 2. The minimum atomic E-state index is -3.67. The van der Waals surface area contributed by atoms with Crippen LogP contribution < -0.4 is 28.3 Å². The maximum Gasteiger partial charge on any atom is 0.762 e. The molecule has 5 aromatic carbocycles. The first kappa shape index (κ1) is 54.9. The van der Waals surface area contributed by atoms with Gasteiger partial charge in [-0.2, -0.15) is 9.13 Å². The van der Waals surface area contributed by atoms with E-state index in [9.17, 15) is 46.1 Å². The van der Waals surface area contributed by atoms with Gasteiger partial charge in [0.2, 0.25) is 11.2 Å². The lowest BCUT2D eigenvalue weighted by molar-refractivity contribution is -0.652. The Kier molecular flexibility index (Phi) is 17.1. The van der Waals surface area contributed by atoms with E-state index in [-0.39, 0.29) is 31.6 Å². The predicted octanol–water partition coefficient (Wildman–Crippen LogP) is 5.51. The number of hydrogen-bond donors (Lipinski definition) is 0. The van der Waals surface area contributed by atoms with E-state index in [0.717, 1.165) is 46.6 Å². The Labute approximate surface area is 408 Å². The smallest absolute Gasteiger partial charge is 0.762 e. The molecule has 12 nitrogen and oxygen atoms in total. The summed E-state index contributed by atoms with van der Waals surface area (Å²) in [6.45, 7) is 4.60. The van der Waals surface area contributed by atoms with Crippen LogP contribution >= 0.6 is 0 Å². The number of benzene rings is 5. The minimum absolute atomic E-state index is 0. The fraction of sp³-hybridized carbons (Fsp3) is 0.200. The van der Waals surface area contributed by atoms with Crippen molar-refractivity contribution in [1.82, 2.24) is 0 Å². The second kappa shape index (κ2) is 22.4. The lowest BCUT2D eigenvalue weighted by Crippen LogP contribution is -3.00. The van der Waals surface area contributed by atoms with Crippen LogP contribution in [0.3, 0.4) is 0 Å². The Bertz CT molecular complexity index is 3020. The summed E-state index contributed by atoms with van der Waals surface area (Å²) in [7, 11) is 0.653. The number of rotatable bonds is 10. The molecule has 0 saturated heterocycles. The normalized spacial score (nSPS) is 17.8.